The largest absolute Gasteiger partial charge is 0.494 e. The Morgan fingerprint density at radius 3 is 2.71 bits per heavy atom. The minimum atomic E-state index is -0.224. The lowest BCUT2D eigenvalue weighted by Crippen LogP contribution is -2.59. The van der Waals surface area contributed by atoms with Crippen LogP contribution in [0.1, 0.15) is 39.5 Å². The summed E-state index contributed by atoms with van der Waals surface area (Å²) in [4.78, 5) is 11.5. The summed E-state index contributed by atoms with van der Waals surface area (Å²) in [6, 6.07) is 7.99. The second-order valence-electron chi connectivity index (χ2n) is 5.50. The Balaban J connectivity index is 1.80. The van der Waals surface area contributed by atoms with Crippen molar-refractivity contribution < 1.29 is 9.53 Å². The molecule has 0 spiro atoms. The quantitative estimate of drug-likeness (QED) is 0.675. The van der Waals surface area contributed by atoms with Crippen LogP contribution in [0.5, 0.6) is 5.75 Å². The van der Waals surface area contributed by atoms with Gasteiger partial charge in [0.05, 0.1) is 6.61 Å². The number of hydrogen-bond donors (Lipinski definition) is 3. The number of nitrogens with one attached hydrogen (secondary N) is 3. The zero-order chi connectivity index (χ0) is 15.1. The van der Waals surface area contributed by atoms with Crippen molar-refractivity contribution in [2.75, 3.05) is 11.9 Å². The summed E-state index contributed by atoms with van der Waals surface area (Å²) in [7, 11) is 0. The highest BCUT2D eigenvalue weighted by atomic mass is 16.5. The number of ether oxygens (including phenoxy) is 1. The number of anilines is 1. The highest BCUT2D eigenvalue weighted by molar-refractivity contribution is 5.78. The van der Waals surface area contributed by atoms with E-state index in [4.69, 9.17) is 4.74 Å². The molecule has 0 saturated carbocycles. The molecule has 1 saturated heterocycles. The molecule has 1 amide bonds. The van der Waals surface area contributed by atoms with Crippen LogP contribution in [0.15, 0.2) is 24.3 Å². The van der Waals surface area contributed by atoms with Gasteiger partial charge in [0.2, 0.25) is 5.91 Å². The van der Waals surface area contributed by atoms with Crippen LogP contribution in [-0.2, 0) is 4.79 Å². The van der Waals surface area contributed by atoms with Crippen LogP contribution in [0.3, 0.4) is 0 Å². The Bertz CT molecular complexity index is 447. The van der Waals surface area contributed by atoms with E-state index in [0.29, 0.717) is 6.42 Å². The molecule has 2 unspecified atom stereocenters. The topological polar surface area (TPSA) is 62.4 Å². The standard InChI is InChI=1S/C16H25N3O2/c1-3-4-5-10-21-14-8-6-13(7-9-14)18-16-17-12(2)11-15(20)19-16/h6-9,12,16-18H,3-5,10-11H2,1-2H3,(H,19,20). The predicted octanol–water partition coefficient (Wildman–Crippen LogP) is 2.45. The summed E-state index contributed by atoms with van der Waals surface area (Å²) in [5.74, 6) is 0.945. The second kappa shape index (κ2) is 7.88. The van der Waals surface area contributed by atoms with E-state index in [1.165, 1.54) is 12.8 Å². The Morgan fingerprint density at radius 2 is 2.05 bits per heavy atom. The van der Waals surface area contributed by atoms with Crippen molar-refractivity contribution in [1.29, 1.82) is 0 Å². The molecule has 1 fully saturated rings. The first-order valence-electron chi connectivity index (χ1n) is 7.72. The molecule has 1 heterocycles. The molecule has 0 aliphatic carbocycles. The monoisotopic (exact) mass is 291 g/mol. The molecule has 0 radical (unpaired) electrons. The molecular weight excluding hydrogens is 266 g/mol. The van der Waals surface area contributed by atoms with Crippen LogP contribution in [-0.4, -0.2) is 24.8 Å². The van der Waals surface area contributed by atoms with Crippen molar-refractivity contribution in [1.82, 2.24) is 10.6 Å². The van der Waals surface area contributed by atoms with Gasteiger partial charge in [0, 0.05) is 18.2 Å². The Morgan fingerprint density at radius 1 is 1.29 bits per heavy atom. The highest BCUT2D eigenvalue weighted by Crippen LogP contribution is 2.17. The zero-order valence-corrected chi connectivity index (χ0v) is 12.8. The maximum absolute atomic E-state index is 11.5. The van der Waals surface area contributed by atoms with Crippen LogP contribution in [0.25, 0.3) is 0 Å². The first-order valence-corrected chi connectivity index (χ1v) is 7.72. The van der Waals surface area contributed by atoms with E-state index in [1.807, 2.05) is 31.2 Å². The average Bonchev–Trinajstić information content (AvgIpc) is 2.44. The van der Waals surface area contributed by atoms with Crippen molar-refractivity contribution in [2.24, 2.45) is 0 Å². The molecule has 1 aliphatic heterocycles. The van der Waals surface area contributed by atoms with Gasteiger partial charge in [0.15, 0.2) is 6.29 Å². The molecule has 5 heteroatoms. The lowest BCUT2D eigenvalue weighted by molar-refractivity contribution is -0.123. The van der Waals surface area contributed by atoms with Gasteiger partial charge in [-0.3, -0.25) is 10.1 Å². The summed E-state index contributed by atoms with van der Waals surface area (Å²) in [6.45, 7) is 4.94. The first-order chi connectivity index (χ1) is 10.2. The van der Waals surface area contributed by atoms with E-state index >= 15 is 0 Å². The minimum absolute atomic E-state index is 0.0645. The van der Waals surface area contributed by atoms with Crippen LogP contribution >= 0.6 is 0 Å². The van der Waals surface area contributed by atoms with E-state index in [2.05, 4.69) is 22.9 Å². The SMILES string of the molecule is CCCCCOc1ccc(NC2NC(=O)CC(C)N2)cc1. The van der Waals surface area contributed by atoms with Gasteiger partial charge in [-0.2, -0.15) is 0 Å². The molecular formula is C16H25N3O2. The summed E-state index contributed by atoms with van der Waals surface area (Å²) in [6.07, 6.45) is 3.78. The Kier molecular flexibility index (Phi) is 5.87. The van der Waals surface area contributed by atoms with Gasteiger partial charge in [-0.05, 0) is 37.6 Å². The Labute approximate surface area is 126 Å². The molecule has 5 nitrogen and oxygen atoms in total. The second-order valence-corrected chi connectivity index (χ2v) is 5.50. The fraction of sp³-hybridized carbons (Fsp3) is 0.562. The van der Waals surface area contributed by atoms with Crippen molar-refractivity contribution in [3.63, 3.8) is 0 Å². The van der Waals surface area contributed by atoms with E-state index in [0.717, 1.165) is 24.5 Å². The fourth-order valence-corrected chi connectivity index (χ4v) is 2.32. The smallest absolute Gasteiger partial charge is 0.224 e. The summed E-state index contributed by atoms with van der Waals surface area (Å²) in [5, 5.41) is 9.40. The molecule has 116 valence electrons. The van der Waals surface area contributed by atoms with Crippen LogP contribution in [0, 0.1) is 0 Å². The highest BCUT2D eigenvalue weighted by Gasteiger charge is 2.22. The maximum Gasteiger partial charge on any atom is 0.224 e. The lowest BCUT2D eigenvalue weighted by Gasteiger charge is -2.30. The molecule has 1 aliphatic rings. The number of hydrogen-bond acceptors (Lipinski definition) is 4. The maximum atomic E-state index is 11.5. The molecule has 2 atom stereocenters. The summed E-state index contributed by atoms with van der Waals surface area (Å²) < 4.78 is 5.67. The molecule has 3 N–H and O–H groups in total. The Hall–Kier alpha value is -1.75. The van der Waals surface area contributed by atoms with Crippen molar-refractivity contribution in [2.45, 2.75) is 51.9 Å². The van der Waals surface area contributed by atoms with Gasteiger partial charge < -0.3 is 15.4 Å². The van der Waals surface area contributed by atoms with E-state index in [9.17, 15) is 4.79 Å². The van der Waals surface area contributed by atoms with Crippen molar-refractivity contribution in [3.05, 3.63) is 24.3 Å². The van der Waals surface area contributed by atoms with Crippen LogP contribution in [0.2, 0.25) is 0 Å². The lowest BCUT2D eigenvalue weighted by atomic mass is 10.2. The number of carbonyl (C=O) groups is 1. The molecule has 21 heavy (non-hydrogen) atoms. The van der Waals surface area contributed by atoms with Gasteiger partial charge in [0.25, 0.3) is 0 Å². The molecule has 2 rings (SSSR count). The number of amides is 1. The van der Waals surface area contributed by atoms with Crippen molar-refractivity contribution in [3.8, 4) is 5.75 Å². The first kappa shape index (κ1) is 15.6. The van der Waals surface area contributed by atoms with E-state index in [1.54, 1.807) is 0 Å². The third-order valence-electron chi connectivity index (χ3n) is 3.43. The number of unbranched alkanes of at least 4 members (excludes halogenated alkanes) is 2. The van der Waals surface area contributed by atoms with Gasteiger partial charge in [-0.15, -0.1) is 0 Å². The van der Waals surface area contributed by atoms with Gasteiger partial charge in [0.1, 0.15) is 5.75 Å². The van der Waals surface area contributed by atoms with Gasteiger partial charge in [-0.1, -0.05) is 19.8 Å². The van der Waals surface area contributed by atoms with Crippen LogP contribution < -0.4 is 20.7 Å². The summed E-state index contributed by atoms with van der Waals surface area (Å²) >= 11 is 0. The number of carbonyl (C=O) groups excluding carboxylic acids is 1. The zero-order valence-electron chi connectivity index (χ0n) is 12.8. The minimum Gasteiger partial charge on any atom is -0.494 e. The normalized spacial score (nSPS) is 21.7. The third kappa shape index (κ3) is 5.27. The number of rotatable bonds is 7. The van der Waals surface area contributed by atoms with Gasteiger partial charge in [-0.25, -0.2) is 0 Å². The van der Waals surface area contributed by atoms with Gasteiger partial charge >= 0.3 is 0 Å². The van der Waals surface area contributed by atoms with Crippen LogP contribution in [0.4, 0.5) is 5.69 Å². The average molecular weight is 291 g/mol. The number of benzene rings is 1. The van der Waals surface area contributed by atoms with Crippen molar-refractivity contribution >= 4 is 11.6 Å². The molecule has 0 bridgehead atoms. The fourth-order valence-electron chi connectivity index (χ4n) is 2.32. The van der Waals surface area contributed by atoms with E-state index in [-0.39, 0.29) is 18.2 Å². The third-order valence-corrected chi connectivity index (χ3v) is 3.43. The molecule has 1 aromatic carbocycles. The molecule has 1 aromatic rings. The summed E-state index contributed by atoms with van der Waals surface area (Å²) in [5.41, 5.74) is 0.947. The predicted molar refractivity (Wildman–Crippen MR) is 84.2 cm³/mol. The molecule has 0 aromatic heterocycles. The van der Waals surface area contributed by atoms with E-state index < -0.39 is 0 Å².